The van der Waals surface area contributed by atoms with Gasteiger partial charge in [0.05, 0.1) is 6.04 Å². The van der Waals surface area contributed by atoms with Crippen LogP contribution in [0, 0.1) is 0 Å². The third kappa shape index (κ3) is 4.05. The first-order valence-electron chi connectivity index (χ1n) is 7.26. The Bertz CT molecular complexity index is 383. The Labute approximate surface area is 120 Å². The molecule has 106 valence electrons. The van der Waals surface area contributed by atoms with Gasteiger partial charge in [0.15, 0.2) is 0 Å². The summed E-state index contributed by atoms with van der Waals surface area (Å²) < 4.78 is 0. The molecule has 1 aliphatic rings. The Morgan fingerprint density at radius 2 is 1.95 bits per heavy atom. The van der Waals surface area contributed by atoms with Gasteiger partial charge in [0.25, 0.3) is 0 Å². The molecule has 0 saturated carbocycles. The van der Waals surface area contributed by atoms with Gasteiger partial charge >= 0.3 is 0 Å². The molecule has 1 N–H and O–H groups in total. The summed E-state index contributed by atoms with van der Waals surface area (Å²) in [6, 6.07) is 4.31. The smallest absolute Gasteiger partial charge is 0.239 e. The van der Waals surface area contributed by atoms with Gasteiger partial charge in [-0.1, -0.05) is 18.9 Å². The van der Waals surface area contributed by atoms with Crippen LogP contribution < -0.4 is 5.32 Å². The molecule has 0 bridgehead atoms. The minimum Gasteiger partial charge on any atom is -0.341 e. The molecule has 0 radical (unpaired) electrons. The molecule has 0 aromatic carbocycles. The van der Waals surface area contributed by atoms with Crippen LogP contribution in [-0.2, 0) is 4.79 Å². The third-order valence-electron chi connectivity index (χ3n) is 3.76. The molecule has 19 heavy (non-hydrogen) atoms. The molecular weight excluding hydrogens is 256 g/mol. The Hall–Kier alpha value is -0.870. The maximum atomic E-state index is 12.4. The summed E-state index contributed by atoms with van der Waals surface area (Å²) in [4.78, 5) is 15.7. The largest absolute Gasteiger partial charge is 0.341 e. The van der Waals surface area contributed by atoms with Gasteiger partial charge in [-0.05, 0) is 38.1 Å². The maximum Gasteiger partial charge on any atom is 0.239 e. The molecule has 1 aromatic heterocycles. The van der Waals surface area contributed by atoms with E-state index in [2.05, 4.69) is 29.8 Å². The molecule has 2 heterocycles. The molecule has 1 unspecified atom stereocenters. The summed E-state index contributed by atoms with van der Waals surface area (Å²) in [6.45, 7) is 5.96. The fourth-order valence-corrected chi connectivity index (χ4v) is 3.37. The van der Waals surface area contributed by atoms with Crippen LogP contribution in [0.15, 0.2) is 17.5 Å². The second kappa shape index (κ2) is 7.06. The van der Waals surface area contributed by atoms with Crippen molar-refractivity contribution in [2.24, 2.45) is 0 Å². The Kier molecular flexibility index (Phi) is 5.40. The topological polar surface area (TPSA) is 32.3 Å². The highest BCUT2D eigenvalue weighted by Crippen LogP contribution is 2.19. The SMILES string of the molecule is CC(N[C@@H](C)c1cccs1)C(=O)N1CCCCCC1. The van der Waals surface area contributed by atoms with Crippen molar-refractivity contribution >= 4 is 17.2 Å². The van der Waals surface area contributed by atoms with Crippen LogP contribution in [0.25, 0.3) is 0 Å². The second-order valence-corrected chi connectivity index (χ2v) is 6.34. The highest BCUT2D eigenvalue weighted by atomic mass is 32.1. The zero-order valence-corrected chi connectivity index (χ0v) is 12.7. The van der Waals surface area contributed by atoms with Crippen molar-refractivity contribution in [3.8, 4) is 0 Å². The number of nitrogens with one attached hydrogen (secondary N) is 1. The normalized spacial score (nSPS) is 19.8. The Morgan fingerprint density at radius 3 is 2.53 bits per heavy atom. The first kappa shape index (κ1) is 14.5. The molecule has 1 aliphatic heterocycles. The molecule has 1 aromatic rings. The fraction of sp³-hybridized carbons (Fsp3) is 0.667. The number of hydrogen-bond donors (Lipinski definition) is 1. The number of amides is 1. The highest BCUT2D eigenvalue weighted by molar-refractivity contribution is 7.10. The van der Waals surface area contributed by atoms with Crippen molar-refractivity contribution in [2.75, 3.05) is 13.1 Å². The quantitative estimate of drug-likeness (QED) is 0.918. The van der Waals surface area contributed by atoms with E-state index in [0.29, 0.717) is 0 Å². The predicted octanol–water partition coefficient (Wildman–Crippen LogP) is 3.19. The van der Waals surface area contributed by atoms with Gasteiger partial charge in [-0.25, -0.2) is 0 Å². The van der Waals surface area contributed by atoms with Crippen LogP contribution in [-0.4, -0.2) is 29.9 Å². The van der Waals surface area contributed by atoms with Crippen LogP contribution in [0.3, 0.4) is 0 Å². The standard InChI is InChI=1S/C15H24N2OS/c1-12(14-8-7-11-19-14)16-13(2)15(18)17-9-5-3-4-6-10-17/h7-8,11-13,16H,3-6,9-10H2,1-2H3/t12-,13?/m0/s1. The van der Waals surface area contributed by atoms with Crippen LogP contribution in [0.5, 0.6) is 0 Å². The molecular formula is C15H24N2OS. The lowest BCUT2D eigenvalue weighted by atomic mass is 10.2. The van der Waals surface area contributed by atoms with Crippen molar-refractivity contribution in [1.82, 2.24) is 10.2 Å². The van der Waals surface area contributed by atoms with Gasteiger partial charge < -0.3 is 4.90 Å². The number of carbonyl (C=O) groups excluding carboxylic acids is 1. The molecule has 4 heteroatoms. The lowest BCUT2D eigenvalue weighted by molar-refractivity contribution is -0.133. The summed E-state index contributed by atoms with van der Waals surface area (Å²) in [6.07, 6.45) is 4.83. The average molecular weight is 280 g/mol. The zero-order valence-electron chi connectivity index (χ0n) is 11.9. The molecule has 1 saturated heterocycles. The van der Waals surface area contributed by atoms with Gasteiger partial charge in [0, 0.05) is 24.0 Å². The minimum absolute atomic E-state index is 0.102. The predicted molar refractivity (Wildman–Crippen MR) is 80.4 cm³/mol. The number of rotatable bonds is 4. The van der Waals surface area contributed by atoms with Gasteiger partial charge in [-0.2, -0.15) is 0 Å². The first-order chi connectivity index (χ1) is 9.18. The van der Waals surface area contributed by atoms with E-state index in [-0.39, 0.29) is 18.0 Å². The number of carbonyl (C=O) groups is 1. The maximum absolute atomic E-state index is 12.4. The monoisotopic (exact) mass is 280 g/mol. The van der Waals surface area contributed by atoms with E-state index >= 15 is 0 Å². The molecule has 0 spiro atoms. The van der Waals surface area contributed by atoms with Gasteiger partial charge in [-0.3, -0.25) is 10.1 Å². The van der Waals surface area contributed by atoms with Crippen molar-refractivity contribution in [3.05, 3.63) is 22.4 Å². The minimum atomic E-state index is -0.102. The molecule has 1 amide bonds. The summed E-state index contributed by atoms with van der Waals surface area (Å²) in [5.74, 6) is 0.255. The van der Waals surface area contributed by atoms with E-state index in [1.165, 1.54) is 17.7 Å². The van der Waals surface area contributed by atoms with Crippen LogP contribution in [0.1, 0.15) is 50.4 Å². The number of likely N-dealkylation sites (tertiary alicyclic amines) is 1. The lowest BCUT2D eigenvalue weighted by Gasteiger charge is -2.26. The highest BCUT2D eigenvalue weighted by Gasteiger charge is 2.22. The van der Waals surface area contributed by atoms with Crippen molar-refractivity contribution in [2.45, 2.75) is 51.6 Å². The number of thiophene rings is 1. The summed E-state index contributed by atoms with van der Waals surface area (Å²) in [7, 11) is 0. The van der Waals surface area contributed by atoms with E-state index in [1.54, 1.807) is 11.3 Å². The van der Waals surface area contributed by atoms with Crippen molar-refractivity contribution < 1.29 is 4.79 Å². The number of nitrogens with zero attached hydrogens (tertiary/aromatic N) is 1. The molecule has 2 atom stereocenters. The first-order valence-corrected chi connectivity index (χ1v) is 8.14. The molecule has 3 nitrogen and oxygen atoms in total. The zero-order chi connectivity index (χ0) is 13.7. The van der Waals surface area contributed by atoms with E-state index in [1.807, 2.05) is 11.8 Å². The van der Waals surface area contributed by atoms with E-state index in [9.17, 15) is 4.79 Å². The fourth-order valence-electron chi connectivity index (χ4n) is 2.63. The molecule has 0 aliphatic carbocycles. The van der Waals surface area contributed by atoms with E-state index in [4.69, 9.17) is 0 Å². The van der Waals surface area contributed by atoms with Crippen molar-refractivity contribution in [3.63, 3.8) is 0 Å². The summed E-state index contributed by atoms with van der Waals surface area (Å²) in [5, 5.41) is 5.50. The Balaban J connectivity index is 1.87. The summed E-state index contributed by atoms with van der Waals surface area (Å²) >= 11 is 1.74. The van der Waals surface area contributed by atoms with E-state index < -0.39 is 0 Å². The van der Waals surface area contributed by atoms with Gasteiger partial charge in [-0.15, -0.1) is 11.3 Å². The summed E-state index contributed by atoms with van der Waals surface area (Å²) in [5.41, 5.74) is 0. The van der Waals surface area contributed by atoms with Gasteiger partial charge in [0.1, 0.15) is 0 Å². The molecule has 2 rings (SSSR count). The lowest BCUT2D eigenvalue weighted by Crippen LogP contribution is -2.45. The van der Waals surface area contributed by atoms with Gasteiger partial charge in [0.2, 0.25) is 5.91 Å². The molecule has 1 fully saturated rings. The average Bonchev–Trinajstić information content (AvgIpc) is 2.81. The van der Waals surface area contributed by atoms with Crippen LogP contribution >= 0.6 is 11.3 Å². The second-order valence-electron chi connectivity index (χ2n) is 5.36. The Morgan fingerprint density at radius 1 is 1.26 bits per heavy atom. The number of hydrogen-bond acceptors (Lipinski definition) is 3. The van der Waals surface area contributed by atoms with Crippen molar-refractivity contribution in [1.29, 1.82) is 0 Å². The van der Waals surface area contributed by atoms with E-state index in [0.717, 1.165) is 25.9 Å². The van der Waals surface area contributed by atoms with Crippen LogP contribution in [0.4, 0.5) is 0 Å². The third-order valence-corrected chi connectivity index (χ3v) is 4.81. The van der Waals surface area contributed by atoms with Crippen LogP contribution in [0.2, 0.25) is 0 Å².